The number of anilines is 1. The van der Waals surface area contributed by atoms with Crippen LogP contribution < -0.4 is 5.32 Å². The van der Waals surface area contributed by atoms with Gasteiger partial charge in [-0.1, -0.05) is 72.8 Å². The Balaban J connectivity index is 1.90. The molecule has 1 heteroatoms. The van der Waals surface area contributed by atoms with Gasteiger partial charge >= 0.3 is 0 Å². The molecule has 0 saturated carbocycles. The first-order valence-corrected chi connectivity index (χ1v) is 7.39. The van der Waals surface area contributed by atoms with Crippen LogP contribution in [0.1, 0.15) is 28.3 Å². The molecule has 1 atom stereocenters. The molecule has 0 aliphatic carbocycles. The lowest BCUT2D eigenvalue weighted by molar-refractivity contribution is 0.934. The molecule has 4 rings (SSSR count). The molecule has 1 N–H and O–H groups in total. The number of hydrogen-bond acceptors (Lipinski definition) is 1. The van der Waals surface area contributed by atoms with Crippen LogP contribution in [0, 0.1) is 0 Å². The number of fused-ring (bicyclic) bond motifs is 2. The van der Waals surface area contributed by atoms with Gasteiger partial charge in [-0.2, -0.15) is 0 Å². The van der Waals surface area contributed by atoms with Crippen LogP contribution in [0.3, 0.4) is 0 Å². The molecule has 1 nitrogen and oxygen atoms in total. The van der Waals surface area contributed by atoms with E-state index in [1.54, 1.807) is 0 Å². The van der Waals surface area contributed by atoms with E-state index in [1.165, 1.54) is 27.9 Å². The maximum Gasteiger partial charge on any atom is 0.0770 e. The molecule has 21 heavy (non-hydrogen) atoms. The SMILES string of the molecule is c1ccc(C2Nc3ccccc3Cc3ccccc32)cc1. The van der Waals surface area contributed by atoms with Crippen LogP contribution in [0.25, 0.3) is 0 Å². The molecule has 3 aromatic rings. The zero-order valence-corrected chi connectivity index (χ0v) is 11.8. The summed E-state index contributed by atoms with van der Waals surface area (Å²) in [6, 6.07) is 28.3. The zero-order valence-electron chi connectivity index (χ0n) is 11.8. The maximum atomic E-state index is 3.73. The minimum atomic E-state index is 0.214. The predicted molar refractivity (Wildman–Crippen MR) is 87.6 cm³/mol. The highest BCUT2D eigenvalue weighted by Crippen LogP contribution is 2.35. The van der Waals surface area contributed by atoms with E-state index < -0.39 is 0 Å². The van der Waals surface area contributed by atoms with E-state index in [9.17, 15) is 0 Å². The second-order valence-corrected chi connectivity index (χ2v) is 5.52. The van der Waals surface area contributed by atoms with Crippen molar-refractivity contribution in [3.05, 3.63) is 101 Å². The molecule has 0 radical (unpaired) electrons. The molecule has 102 valence electrons. The van der Waals surface area contributed by atoms with Crippen molar-refractivity contribution in [3.63, 3.8) is 0 Å². The minimum absolute atomic E-state index is 0.214. The number of rotatable bonds is 1. The van der Waals surface area contributed by atoms with Crippen LogP contribution >= 0.6 is 0 Å². The van der Waals surface area contributed by atoms with Crippen LogP contribution in [0.15, 0.2) is 78.9 Å². The molecular weight excluding hydrogens is 254 g/mol. The smallest absolute Gasteiger partial charge is 0.0770 e. The molecule has 1 aliphatic rings. The van der Waals surface area contributed by atoms with Crippen molar-refractivity contribution < 1.29 is 0 Å². The molecule has 1 aliphatic heterocycles. The Hall–Kier alpha value is -2.54. The van der Waals surface area contributed by atoms with Crippen LogP contribution in [0.5, 0.6) is 0 Å². The lowest BCUT2D eigenvalue weighted by Gasteiger charge is -2.21. The van der Waals surface area contributed by atoms with Gasteiger partial charge in [0, 0.05) is 5.69 Å². The van der Waals surface area contributed by atoms with Crippen molar-refractivity contribution >= 4 is 5.69 Å². The topological polar surface area (TPSA) is 12.0 Å². The Morgan fingerprint density at radius 3 is 2.19 bits per heavy atom. The standard InChI is InChI=1S/C20H17N/c1-2-8-15(9-3-1)20-18-12-6-4-10-16(18)14-17-11-5-7-13-19(17)21-20/h1-13,20-21H,14H2. The van der Waals surface area contributed by atoms with Gasteiger partial charge in [-0.05, 0) is 34.7 Å². The second-order valence-electron chi connectivity index (χ2n) is 5.52. The van der Waals surface area contributed by atoms with Gasteiger partial charge < -0.3 is 5.32 Å². The number of hydrogen-bond donors (Lipinski definition) is 1. The first-order chi connectivity index (χ1) is 10.4. The predicted octanol–water partition coefficient (Wildman–Crippen LogP) is 4.79. The van der Waals surface area contributed by atoms with E-state index in [0.29, 0.717) is 0 Å². The molecular formula is C20H17N. The molecule has 1 heterocycles. The summed E-state index contributed by atoms with van der Waals surface area (Å²) in [6.07, 6.45) is 0.989. The van der Waals surface area contributed by atoms with E-state index in [2.05, 4.69) is 84.2 Å². The summed E-state index contributed by atoms with van der Waals surface area (Å²) >= 11 is 0. The molecule has 1 unspecified atom stereocenters. The molecule has 0 fully saturated rings. The van der Waals surface area contributed by atoms with Crippen molar-refractivity contribution in [3.8, 4) is 0 Å². The highest BCUT2D eigenvalue weighted by Gasteiger charge is 2.21. The highest BCUT2D eigenvalue weighted by molar-refractivity contribution is 5.60. The van der Waals surface area contributed by atoms with Gasteiger partial charge in [-0.3, -0.25) is 0 Å². The van der Waals surface area contributed by atoms with Crippen LogP contribution in [-0.4, -0.2) is 0 Å². The van der Waals surface area contributed by atoms with Crippen LogP contribution in [0.2, 0.25) is 0 Å². The average molecular weight is 271 g/mol. The van der Waals surface area contributed by atoms with E-state index in [4.69, 9.17) is 0 Å². The molecule has 0 saturated heterocycles. The van der Waals surface area contributed by atoms with Gasteiger partial charge in [0.2, 0.25) is 0 Å². The quantitative estimate of drug-likeness (QED) is 0.671. The van der Waals surface area contributed by atoms with Gasteiger partial charge in [-0.25, -0.2) is 0 Å². The maximum absolute atomic E-state index is 3.73. The summed E-state index contributed by atoms with van der Waals surface area (Å²) in [4.78, 5) is 0. The summed E-state index contributed by atoms with van der Waals surface area (Å²) in [7, 11) is 0. The highest BCUT2D eigenvalue weighted by atomic mass is 14.9. The van der Waals surface area contributed by atoms with Gasteiger partial charge in [0.1, 0.15) is 0 Å². The van der Waals surface area contributed by atoms with E-state index in [1.807, 2.05) is 0 Å². The average Bonchev–Trinajstić information content (AvgIpc) is 2.72. The van der Waals surface area contributed by atoms with Crippen LogP contribution in [-0.2, 0) is 6.42 Å². The summed E-state index contributed by atoms with van der Waals surface area (Å²) in [5.41, 5.74) is 6.69. The lowest BCUT2D eigenvalue weighted by atomic mass is 9.93. The molecule has 3 aromatic carbocycles. The fourth-order valence-corrected chi connectivity index (χ4v) is 3.14. The Morgan fingerprint density at radius 1 is 0.667 bits per heavy atom. The first kappa shape index (κ1) is 12.2. The fourth-order valence-electron chi connectivity index (χ4n) is 3.14. The third kappa shape index (κ3) is 2.21. The van der Waals surface area contributed by atoms with E-state index in [0.717, 1.165) is 6.42 Å². The Kier molecular flexibility index (Phi) is 2.97. The van der Waals surface area contributed by atoms with E-state index in [-0.39, 0.29) is 6.04 Å². The molecule has 0 aromatic heterocycles. The third-order valence-electron chi connectivity index (χ3n) is 4.20. The van der Waals surface area contributed by atoms with Crippen molar-refractivity contribution in [2.24, 2.45) is 0 Å². The number of benzene rings is 3. The normalized spacial score (nSPS) is 16.3. The van der Waals surface area contributed by atoms with E-state index >= 15 is 0 Å². The zero-order chi connectivity index (χ0) is 14.1. The fraction of sp³-hybridized carbons (Fsp3) is 0.100. The monoisotopic (exact) mass is 271 g/mol. The first-order valence-electron chi connectivity index (χ1n) is 7.39. The summed E-state index contributed by atoms with van der Waals surface area (Å²) < 4.78 is 0. The lowest BCUT2D eigenvalue weighted by Crippen LogP contribution is -2.12. The van der Waals surface area contributed by atoms with Gasteiger partial charge in [0.25, 0.3) is 0 Å². The third-order valence-corrected chi connectivity index (χ3v) is 4.20. The van der Waals surface area contributed by atoms with Gasteiger partial charge in [0.15, 0.2) is 0 Å². The summed E-state index contributed by atoms with van der Waals surface area (Å²) in [6.45, 7) is 0. The van der Waals surface area contributed by atoms with Crippen molar-refractivity contribution in [1.29, 1.82) is 0 Å². The van der Waals surface area contributed by atoms with Crippen molar-refractivity contribution in [1.82, 2.24) is 0 Å². The van der Waals surface area contributed by atoms with Crippen molar-refractivity contribution in [2.75, 3.05) is 5.32 Å². The number of para-hydroxylation sites is 1. The molecule has 0 amide bonds. The van der Waals surface area contributed by atoms with Gasteiger partial charge in [-0.15, -0.1) is 0 Å². The van der Waals surface area contributed by atoms with Crippen molar-refractivity contribution in [2.45, 2.75) is 12.5 Å². The molecule has 0 bridgehead atoms. The largest absolute Gasteiger partial charge is 0.374 e. The Bertz CT molecular complexity index is 762. The summed E-state index contributed by atoms with van der Waals surface area (Å²) in [5, 5.41) is 3.73. The second kappa shape index (κ2) is 5.10. The Morgan fingerprint density at radius 2 is 1.33 bits per heavy atom. The minimum Gasteiger partial charge on any atom is -0.374 e. The molecule has 0 spiro atoms. The Labute approximate surface area is 125 Å². The van der Waals surface area contributed by atoms with Crippen LogP contribution in [0.4, 0.5) is 5.69 Å². The summed E-state index contributed by atoms with van der Waals surface area (Å²) in [5.74, 6) is 0. The number of nitrogens with one attached hydrogen (secondary N) is 1. The van der Waals surface area contributed by atoms with Gasteiger partial charge in [0.05, 0.1) is 6.04 Å².